The van der Waals surface area contributed by atoms with Crippen LogP contribution in [-0.2, 0) is 9.59 Å². The molecule has 0 bridgehead atoms. The Kier molecular flexibility index (Phi) is 4.45. The maximum Gasteiger partial charge on any atom is 0.324 e. The molecule has 5 heteroatoms. The van der Waals surface area contributed by atoms with Crippen LogP contribution in [0.3, 0.4) is 0 Å². The molecule has 1 atom stereocenters. The second-order valence-corrected chi connectivity index (χ2v) is 5.86. The smallest absolute Gasteiger partial charge is 0.324 e. The first-order valence-corrected chi connectivity index (χ1v) is 7.33. The average Bonchev–Trinajstić information content (AvgIpc) is 3.11. The summed E-state index contributed by atoms with van der Waals surface area (Å²) in [7, 11) is 0. The lowest BCUT2D eigenvalue weighted by Gasteiger charge is -2.34. The van der Waals surface area contributed by atoms with E-state index < -0.39 is 11.5 Å². The zero-order valence-electron chi connectivity index (χ0n) is 11.7. The summed E-state index contributed by atoms with van der Waals surface area (Å²) in [6.07, 6.45) is 5.39. The van der Waals surface area contributed by atoms with Gasteiger partial charge in [0.15, 0.2) is 0 Å². The van der Waals surface area contributed by atoms with Crippen LogP contribution in [0.2, 0.25) is 0 Å². The Morgan fingerprint density at radius 1 is 1.42 bits per heavy atom. The molecule has 1 heterocycles. The van der Waals surface area contributed by atoms with Gasteiger partial charge in [-0.1, -0.05) is 13.3 Å². The molecule has 1 aliphatic heterocycles. The first-order chi connectivity index (χ1) is 9.08. The van der Waals surface area contributed by atoms with Crippen LogP contribution in [0.15, 0.2) is 0 Å². The molecule has 2 aliphatic rings. The van der Waals surface area contributed by atoms with Crippen molar-refractivity contribution in [3.8, 4) is 0 Å². The number of carboxylic acid groups (broad SMARTS) is 1. The predicted molar refractivity (Wildman–Crippen MR) is 71.8 cm³/mol. The van der Waals surface area contributed by atoms with Gasteiger partial charge in [-0.15, -0.1) is 0 Å². The van der Waals surface area contributed by atoms with Gasteiger partial charge in [0.1, 0.15) is 5.54 Å². The number of nitrogens with zero attached hydrogens (tertiary/aromatic N) is 1. The van der Waals surface area contributed by atoms with Gasteiger partial charge in [0.25, 0.3) is 0 Å². The van der Waals surface area contributed by atoms with Gasteiger partial charge in [-0.2, -0.15) is 0 Å². The summed E-state index contributed by atoms with van der Waals surface area (Å²) in [5.41, 5.74) is -0.814. The lowest BCUT2D eigenvalue weighted by atomic mass is 9.90. The second kappa shape index (κ2) is 5.90. The Morgan fingerprint density at radius 3 is 2.74 bits per heavy atom. The number of aliphatic carboxylic acids is 1. The number of carbonyl (C=O) groups is 2. The van der Waals surface area contributed by atoms with E-state index in [1.807, 2.05) is 11.8 Å². The molecule has 108 valence electrons. The quantitative estimate of drug-likeness (QED) is 0.728. The highest BCUT2D eigenvalue weighted by Crippen LogP contribution is 2.33. The minimum absolute atomic E-state index is 0.0319. The number of rotatable bonds is 7. The molecule has 2 rings (SSSR count). The topological polar surface area (TPSA) is 69.6 Å². The normalized spacial score (nSPS) is 27.4. The van der Waals surface area contributed by atoms with Gasteiger partial charge in [-0.05, 0) is 44.6 Å². The molecule has 0 aromatic rings. The Labute approximate surface area is 114 Å². The Balaban J connectivity index is 1.92. The van der Waals surface area contributed by atoms with E-state index in [1.165, 1.54) is 12.8 Å². The first-order valence-electron chi connectivity index (χ1n) is 7.33. The Bertz CT molecular complexity index is 355. The van der Waals surface area contributed by atoms with Gasteiger partial charge in [-0.3, -0.25) is 14.5 Å². The largest absolute Gasteiger partial charge is 0.480 e. The Morgan fingerprint density at radius 2 is 2.16 bits per heavy atom. The van der Waals surface area contributed by atoms with Crippen LogP contribution >= 0.6 is 0 Å². The van der Waals surface area contributed by atoms with E-state index in [1.54, 1.807) is 0 Å². The van der Waals surface area contributed by atoms with E-state index in [0.717, 1.165) is 19.4 Å². The number of carbonyl (C=O) groups excluding carboxylic acids is 1. The van der Waals surface area contributed by atoms with Gasteiger partial charge < -0.3 is 10.4 Å². The van der Waals surface area contributed by atoms with Crippen LogP contribution < -0.4 is 5.32 Å². The molecular formula is C14H24N2O3. The van der Waals surface area contributed by atoms with Crippen LogP contribution in [0.1, 0.15) is 45.4 Å². The van der Waals surface area contributed by atoms with E-state index >= 15 is 0 Å². The van der Waals surface area contributed by atoms with E-state index in [2.05, 4.69) is 5.32 Å². The fourth-order valence-electron chi connectivity index (χ4n) is 3.02. The average molecular weight is 268 g/mol. The molecule has 19 heavy (non-hydrogen) atoms. The number of hydrogen-bond acceptors (Lipinski definition) is 3. The van der Waals surface area contributed by atoms with Crippen molar-refractivity contribution >= 4 is 11.9 Å². The summed E-state index contributed by atoms with van der Waals surface area (Å²) < 4.78 is 0. The SMILES string of the molecule is CCCC1(C(=O)O)CCCN1CC(=O)NCC1CC1. The third kappa shape index (κ3) is 3.26. The molecule has 1 saturated carbocycles. The molecule has 2 N–H and O–H groups in total. The lowest BCUT2D eigenvalue weighted by Crippen LogP contribution is -2.53. The molecule has 0 spiro atoms. The van der Waals surface area contributed by atoms with Crippen LogP contribution in [0.4, 0.5) is 0 Å². The van der Waals surface area contributed by atoms with E-state index in [9.17, 15) is 14.7 Å². The van der Waals surface area contributed by atoms with Crippen molar-refractivity contribution in [2.45, 2.75) is 51.0 Å². The first kappa shape index (κ1) is 14.3. The minimum atomic E-state index is -0.814. The highest BCUT2D eigenvalue weighted by molar-refractivity contribution is 5.82. The number of carboxylic acids is 1. The summed E-state index contributed by atoms with van der Waals surface area (Å²) in [6, 6.07) is 0. The van der Waals surface area contributed by atoms with Crippen LogP contribution in [0, 0.1) is 5.92 Å². The van der Waals surface area contributed by atoms with Crippen molar-refractivity contribution in [2.24, 2.45) is 5.92 Å². The van der Waals surface area contributed by atoms with Crippen molar-refractivity contribution in [3.63, 3.8) is 0 Å². The third-order valence-corrected chi connectivity index (χ3v) is 4.30. The Hall–Kier alpha value is -1.10. The molecule has 1 aliphatic carbocycles. The molecule has 1 amide bonds. The van der Waals surface area contributed by atoms with E-state index in [4.69, 9.17) is 0 Å². The van der Waals surface area contributed by atoms with Gasteiger partial charge in [0.2, 0.25) is 5.91 Å². The molecule has 0 radical (unpaired) electrons. The lowest BCUT2D eigenvalue weighted by molar-refractivity contribution is -0.151. The minimum Gasteiger partial charge on any atom is -0.480 e. The summed E-state index contributed by atoms with van der Waals surface area (Å²) in [5, 5.41) is 12.4. The van der Waals surface area contributed by atoms with Gasteiger partial charge in [0.05, 0.1) is 6.54 Å². The summed E-state index contributed by atoms with van der Waals surface area (Å²) in [4.78, 5) is 25.4. The summed E-state index contributed by atoms with van der Waals surface area (Å²) >= 11 is 0. The number of amides is 1. The second-order valence-electron chi connectivity index (χ2n) is 5.86. The molecule has 0 aromatic carbocycles. The van der Waals surface area contributed by atoms with E-state index in [-0.39, 0.29) is 12.5 Å². The van der Waals surface area contributed by atoms with Crippen molar-refractivity contribution in [1.29, 1.82) is 0 Å². The standard InChI is InChI=1S/C14H24N2O3/c1-2-6-14(13(18)19)7-3-8-16(14)10-12(17)15-9-11-4-5-11/h11H,2-10H2,1H3,(H,15,17)(H,18,19). The summed E-state index contributed by atoms with van der Waals surface area (Å²) in [5.74, 6) is -0.153. The van der Waals surface area contributed by atoms with Crippen LogP contribution in [0.25, 0.3) is 0 Å². The molecule has 0 aromatic heterocycles. The molecule has 5 nitrogen and oxygen atoms in total. The van der Waals surface area contributed by atoms with Gasteiger partial charge in [0, 0.05) is 6.54 Å². The van der Waals surface area contributed by atoms with Crippen LogP contribution in [0.5, 0.6) is 0 Å². The van der Waals surface area contributed by atoms with Crippen LogP contribution in [-0.4, -0.2) is 47.1 Å². The maximum absolute atomic E-state index is 11.9. The van der Waals surface area contributed by atoms with Crippen molar-refractivity contribution in [2.75, 3.05) is 19.6 Å². The van der Waals surface area contributed by atoms with Crippen molar-refractivity contribution < 1.29 is 14.7 Å². The molecular weight excluding hydrogens is 244 g/mol. The fourth-order valence-corrected chi connectivity index (χ4v) is 3.02. The zero-order valence-corrected chi connectivity index (χ0v) is 11.7. The number of hydrogen-bond donors (Lipinski definition) is 2. The summed E-state index contributed by atoms with van der Waals surface area (Å²) in [6.45, 7) is 3.68. The fraction of sp³-hybridized carbons (Fsp3) is 0.857. The maximum atomic E-state index is 11.9. The third-order valence-electron chi connectivity index (χ3n) is 4.30. The van der Waals surface area contributed by atoms with Crippen molar-refractivity contribution in [1.82, 2.24) is 10.2 Å². The number of likely N-dealkylation sites (tertiary alicyclic amines) is 1. The van der Waals surface area contributed by atoms with Gasteiger partial charge in [-0.25, -0.2) is 0 Å². The highest BCUT2D eigenvalue weighted by atomic mass is 16.4. The van der Waals surface area contributed by atoms with E-state index in [0.29, 0.717) is 25.3 Å². The number of nitrogens with one attached hydrogen (secondary N) is 1. The van der Waals surface area contributed by atoms with Gasteiger partial charge >= 0.3 is 5.97 Å². The highest BCUT2D eigenvalue weighted by Gasteiger charge is 2.47. The monoisotopic (exact) mass is 268 g/mol. The van der Waals surface area contributed by atoms with Crippen molar-refractivity contribution in [3.05, 3.63) is 0 Å². The predicted octanol–water partition coefficient (Wildman–Crippen LogP) is 1.23. The molecule has 2 fully saturated rings. The zero-order chi connectivity index (χ0) is 13.9. The molecule has 1 saturated heterocycles. The molecule has 1 unspecified atom stereocenters.